The average molecular weight is 257 g/mol. The second-order valence-electron chi connectivity index (χ2n) is 3.45. The summed E-state index contributed by atoms with van der Waals surface area (Å²) >= 11 is 11.8. The molecule has 16 heavy (non-hydrogen) atoms. The maximum atomic E-state index is 6.04. The lowest BCUT2D eigenvalue weighted by molar-refractivity contribution is 0.763. The van der Waals surface area contributed by atoms with Gasteiger partial charge in [0.1, 0.15) is 0 Å². The number of hydrogen-bond donors (Lipinski definition) is 1. The van der Waals surface area contributed by atoms with Crippen LogP contribution in [0.25, 0.3) is 0 Å². The van der Waals surface area contributed by atoms with Crippen molar-refractivity contribution in [3.63, 3.8) is 0 Å². The lowest BCUT2D eigenvalue weighted by atomic mass is 10.1. The fourth-order valence-corrected chi connectivity index (χ4v) is 1.91. The van der Waals surface area contributed by atoms with Crippen LogP contribution in [-0.4, -0.2) is 14.8 Å². The second-order valence-corrected chi connectivity index (χ2v) is 4.29. The van der Waals surface area contributed by atoms with Gasteiger partial charge in [-0.15, -0.1) is 0 Å². The summed E-state index contributed by atoms with van der Waals surface area (Å²) in [5.41, 5.74) is 7.49. The highest BCUT2D eigenvalue weighted by atomic mass is 35.5. The summed E-state index contributed by atoms with van der Waals surface area (Å²) in [4.78, 5) is 4.14. The maximum absolute atomic E-state index is 6.04. The molecule has 0 radical (unpaired) electrons. The van der Waals surface area contributed by atoms with Gasteiger partial charge in [0.25, 0.3) is 0 Å². The fourth-order valence-electron chi connectivity index (χ4n) is 1.41. The highest BCUT2D eigenvalue weighted by Crippen LogP contribution is 2.26. The molecule has 0 aromatic carbocycles. The van der Waals surface area contributed by atoms with E-state index < -0.39 is 6.04 Å². The Morgan fingerprint density at radius 3 is 2.69 bits per heavy atom. The topological polar surface area (TPSA) is 56.7 Å². The van der Waals surface area contributed by atoms with Gasteiger partial charge < -0.3 is 5.73 Å². The zero-order valence-corrected chi connectivity index (χ0v) is 10.1. The molecule has 0 aliphatic rings. The van der Waals surface area contributed by atoms with E-state index in [-0.39, 0.29) is 0 Å². The van der Waals surface area contributed by atoms with Gasteiger partial charge in [-0.3, -0.25) is 9.67 Å². The minimum Gasteiger partial charge on any atom is -0.319 e. The van der Waals surface area contributed by atoms with Crippen molar-refractivity contribution in [3.05, 3.63) is 46.0 Å². The Morgan fingerprint density at radius 1 is 1.38 bits per heavy atom. The standard InChI is InChI=1S/C10H10Cl2N4/c1-16-5-6(3-15-16)9(13)10-8(12)2-7(11)4-14-10/h2-5,9H,13H2,1H3. The Labute approximate surface area is 103 Å². The Bertz CT molecular complexity index is 509. The van der Waals surface area contributed by atoms with Crippen molar-refractivity contribution in [1.29, 1.82) is 0 Å². The lowest BCUT2D eigenvalue weighted by Crippen LogP contribution is -2.13. The normalized spacial score (nSPS) is 12.8. The van der Waals surface area contributed by atoms with Crippen LogP contribution in [0.3, 0.4) is 0 Å². The fraction of sp³-hybridized carbons (Fsp3) is 0.200. The van der Waals surface area contributed by atoms with Crippen LogP contribution in [0.4, 0.5) is 0 Å². The number of nitrogens with two attached hydrogens (primary N) is 1. The molecule has 2 heterocycles. The average Bonchev–Trinajstić information content (AvgIpc) is 2.64. The lowest BCUT2D eigenvalue weighted by Gasteiger charge is -2.10. The van der Waals surface area contributed by atoms with E-state index in [1.165, 1.54) is 6.20 Å². The van der Waals surface area contributed by atoms with Crippen LogP contribution >= 0.6 is 23.2 Å². The molecule has 2 aromatic heterocycles. The Kier molecular flexibility index (Phi) is 3.14. The van der Waals surface area contributed by atoms with Crippen molar-refractivity contribution >= 4 is 23.2 Å². The molecule has 0 aliphatic carbocycles. The number of hydrogen-bond acceptors (Lipinski definition) is 3. The van der Waals surface area contributed by atoms with Gasteiger partial charge in [-0.2, -0.15) is 5.10 Å². The molecule has 6 heteroatoms. The first kappa shape index (κ1) is 11.4. The third-order valence-electron chi connectivity index (χ3n) is 2.21. The van der Waals surface area contributed by atoms with Crippen LogP contribution in [-0.2, 0) is 7.05 Å². The molecule has 4 nitrogen and oxygen atoms in total. The first-order valence-corrected chi connectivity index (χ1v) is 5.38. The van der Waals surface area contributed by atoms with Gasteiger partial charge in [-0.05, 0) is 6.07 Å². The van der Waals surface area contributed by atoms with Crippen LogP contribution in [0.5, 0.6) is 0 Å². The van der Waals surface area contributed by atoms with Gasteiger partial charge in [0, 0.05) is 25.0 Å². The van der Waals surface area contributed by atoms with Crippen LogP contribution < -0.4 is 5.73 Å². The Morgan fingerprint density at radius 2 is 2.12 bits per heavy atom. The molecule has 0 saturated heterocycles. The highest BCUT2D eigenvalue weighted by molar-refractivity contribution is 6.34. The number of pyridine rings is 1. The van der Waals surface area contributed by atoms with Crippen molar-refractivity contribution < 1.29 is 0 Å². The quantitative estimate of drug-likeness (QED) is 0.896. The number of aryl methyl sites for hydroxylation is 1. The van der Waals surface area contributed by atoms with E-state index in [0.29, 0.717) is 15.7 Å². The Hall–Kier alpha value is -1.10. The van der Waals surface area contributed by atoms with Crippen LogP contribution in [0.15, 0.2) is 24.7 Å². The van der Waals surface area contributed by atoms with Gasteiger partial charge in [-0.1, -0.05) is 23.2 Å². The maximum Gasteiger partial charge on any atom is 0.0804 e. The second kappa shape index (κ2) is 4.41. The van der Waals surface area contributed by atoms with E-state index >= 15 is 0 Å². The number of aromatic nitrogens is 3. The molecule has 84 valence electrons. The zero-order chi connectivity index (χ0) is 11.7. The van der Waals surface area contributed by atoms with E-state index in [1.54, 1.807) is 16.9 Å². The summed E-state index contributed by atoms with van der Waals surface area (Å²) in [5.74, 6) is 0. The first-order valence-electron chi connectivity index (χ1n) is 4.63. The smallest absolute Gasteiger partial charge is 0.0804 e. The molecule has 2 aromatic rings. The van der Waals surface area contributed by atoms with E-state index in [4.69, 9.17) is 28.9 Å². The number of nitrogens with zero attached hydrogens (tertiary/aromatic N) is 3. The van der Waals surface area contributed by atoms with E-state index in [1.807, 2.05) is 13.2 Å². The van der Waals surface area contributed by atoms with Gasteiger partial charge in [0.15, 0.2) is 0 Å². The van der Waals surface area contributed by atoms with Gasteiger partial charge >= 0.3 is 0 Å². The van der Waals surface area contributed by atoms with E-state index in [9.17, 15) is 0 Å². The summed E-state index contributed by atoms with van der Waals surface area (Å²) in [6.07, 6.45) is 5.05. The molecule has 0 aliphatic heterocycles. The molecule has 2 N–H and O–H groups in total. The molecular weight excluding hydrogens is 247 g/mol. The number of rotatable bonds is 2. The molecule has 2 rings (SSSR count). The van der Waals surface area contributed by atoms with Crippen molar-refractivity contribution in [2.24, 2.45) is 12.8 Å². The molecular formula is C10H10Cl2N4. The summed E-state index contributed by atoms with van der Waals surface area (Å²) in [6, 6.07) is 1.24. The van der Waals surface area contributed by atoms with Gasteiger partial charge in [0.2, 0.25) is 0 Å². The van der Waals surface area contributed by atoms with Crippen molar-refractivity contribution in [3.8, 4) is 0 Å². The molecule has 1 atom stereocenters. The predicted octanol–water partition coefficient (Wildman–Crippen LogP) is 2.17. The van der Waals surface area contributed by atoms with Gasteiger partial charge in [0.05, 0.1) is 28.0 Å². The minimum absolute atomic E-state index is 0.390. The van der Waals surface area contributed by atoms with Crippen molar-refractivity contribution in [2.75, 3.05) is 0 Å². The summed E-state index contributed by atoms with van der Waals surface area (Å²) in [7, 11) is 1.83. The molecule has 0 spiro atoms. The third-order valence-corrected chi connectivity index (χ3v) is 2.72. The summed E-state index contributed by atoms with van der Waals surface area (Å²) < 4.78 is 1.68. The largest absolute Gasteiger partial charge is 0.319 e. The molecule has 1 unspecified atom stereocenters. The predicted molar refractivity (Wildman–Crippen MR) is 63.5 cm³/mol. The summed E-state index contributed by atoms with van der Waals surface area (Å²) in [5, 5.41) is 5.00. The first-order chi connectivity index (χ1) is 7.58. The van der Waals surface area contributed by atoms with Crippen molar-refractivity contribution in [2.45, 2.75) is 6.04 Å². The van der Waals surface area contributed by atoms with Crippen LogP contribution in [0, 0.1) is 0 Å². The Balaban J connectivity index is 2.37. The zero-order valence-electron chi connectivity index (χ0n) is 8.56. The third kappa shape index (κ3) is 2.19. The minimum atomic E-state index is -0.390. The molecule has 0 fully saturated rings. The molecule has 0 amide bonds. The monoisotopic (exact) mass is 256 g/mol. The van der Waals surface area contributed by atoms with Gasteiger partial charge in [-0.25, -0.2) is 0 Å². The van der Waals surface area contributed by atoms with Crippen LogP contribution in [0.2, 0.25) is 10.0 Å². The molecule has 0 saturated carbocycles. The van der Waals surface area contributed by atoms with E-state index in [2.05, 4.69) is 10.1 Å². The van der Waals surface area contributed by atoms with Crippen LogP contribution in [0.1, 0.15) is 17.3 Å². The SMILES string of the molecule is Cn1cc(C(N)c2ncc(Cl)cc2Cl)cn1. The highest BCUT2D eigenvalue weighted by Gasteiger charge is 2.15. The summed E-state index contributed by atoms with van der Waals surface area (Å²) in [6.45, 7) is 0. The van der Waals surface area contributed by atoms with E-state index in [0.717, 1.165) is 5.56 Å². The molecule has 0 bridgehead atoms. The number of halogens is 2. The van der Waals surface area contributed by atoms with Crippen molar-refractivity contribution in [1.82, 2.24) is 14.8 Å².